The third-order valence-electron chi connectivity index (χ3n) is 5.00. The number of halogens is 2. The molecule has 1 rings (SSSR count). The van der Waals surface area contributed by atoms with Crippen molar-refractivity contribution in [2.75, 3.05) is 13.1 Å². The zero-order valence-corrected chi connectivity index (χ0v) is 20.0. The number of amides is 2. The fraction of sp³-hybridized carbons (Fsp3) is 0.609. The van der Waals surface area contributed by atoms with Crippen LogP contribution in [0.5, 0.6) is 0 Å². The Labute approximate surface area is 195 Å². The van der Waals surface area contributed by atoms with Crippen molar-refractivity contribution in [1.29, 1.82) is 0 Å². The first-order chi connectivity index (χ1) is 14.8. The molecule has 0 saturated heterocycles. The molecule has 31 heavy (non-hydrogen) atoms. The third kappa shape index (κ3) is 10.9. The van der Waals surface area contributed by atoms with Crippen molar-refractivity contribution in [2.45, 2.75) is 77.7 Å². The summed E-state index contributed by atoms with van der Waals surface area (Å²) >= 11 is 11.9. The van der Waals surface area contributed by atoms with E-state index in [1.54, 1.807) is 23.1 Å². The van der Waals surface area contributed by atoms with Gasteiger partial charge in [-0.25, -0.2) is 0 Å². The van der Waals surface area contributed by atoms with Crippen molar-refractivity contribution in [1.82, 2.24) is 10.2 Å². The van der Waals surface area contributed by atoms with Gasteiger partial charge in [0.25, 0.3) is 0 Å². The van der Waals surface area contributed by atoms with Gasteiger partial charge in [-0.3, -0.25) is 14.4 Å². The zero-order valence-electron chi connectivity index (χ0n) is 18.5. The molecule has 2 amide bonds. The van der Waals surface area contributed by atoms with Crippen LogP contribution in [0.2, 0.25) is 10.0 Å². The number of nitrogens with one attached hydrogen (secondary N) is 1. The molecule has 0 unspecified atom stereocenters. The van der Waals surface area contributed by atoms with E-state index in [-0.39, 0.29) is 31.1 Å². The van der Waals surface area contributed by atoms with Gasteiger partial charge in [-0.1, -0.05) is 68.8 Å². The Morgan fingerprint density at radius 3 is 2.13 bits per heavy atom. The van der Waals surface area contributed by atoms with E-state index < -0.39 is 12.0 Å². The number of carboxylic acids is 1. The maximum atomic E-state index is 13.2. The lowest BCUT2D eigenvalue weighted by Gasteiger charge is -2.28. The molecular weight excluding hydrogens is 439 g/mol. The third-order valence-corrected chi connectivity index (χ3v) is 5.74. The van der Waals surface area contributed by atoms with E-state index in [0.717, 1.165) is 38.5 Å². The Hall–Kier alpha value is -1.79. The maximum Gasteiger partial charge on any atom is 0.303 e. The maximum absolute atomic E-state index is 13.2. The summed E-state index contributed by atoms with van der Waals surface area (Å²) in [6, 6.07) is 4.06. The van der Waals surface area contributed by atoms with E-state index in [1.165, 1.54) is 0 Å². The Morgan fingerprint density at radius 2 is 1.61 bits per heavy atom. The van der Waals surface area contributed by atoms with Crippen molar-refractivity contribution in [2.24, 2.45) is 0 Å². The molecule has 2 N–H and O–H groups in total. The molecular formula is C23H34Cl2N2O4. The molecule has 0 saturated carbocycles. The lowest BCUT2D eigenvalue weighted by atomic mass is 10.1. The summed E-state index contributed by atoms with van der Waals surface area (Å²) in [6.45, 7) is 5.43. The van der Waals surface area contributed by atoms with Crippen LogP contribution < -0.4 is 5.32 Å². The number of aliphatic carboxylic acids is 1. The van der Waals surface area contributed by atoms with Crippen LogP contribution in [0.1, 0.15) is 70.8 Å². The Bertz CT molecular complexity index is 718. The summed E-state index contributed by atoms with van der Waals surface area (Å²) in [6.07, 6.45) is 5.77. The molecule has 8 heteroatoms. The van der Waals surface area contributed by atoms with Gasteiger partial charge in [0.1, 0.15) is 6.04 Å². The minimum Gasteiger partial charge on any atom is -0.481 e. The predicted octanol–water partition coefficient (Wildman–Crippen LogP) is 5.09. The van der Waals surface area contributed by atoms with E-state index in [4.69, 9.17) is 28.3 Å². The minimum absolute atomic E-state index is 0.0272. The van der Waals surface area contributed by atoms with Crippen molar-refractivity contribution in [3.63, 3.8) is 0 Å². The van der Waals surface area contributed by atoms with Gasteiger partial charge in [0, 0.05) is 19.5 Å². The van der Waals surface area contributed by atoms with E-state index >= 15 is 0 Å². The molecule has 0 radical (unpaired) electrons. The molecule has 0 aliphatic rings. The summed E-state index contributed by atoms with van der Waals surface area (Å²) in [7, 11) is 0. The largest absolute Gasteiger partial charge is 0.481 e. The van der Waals surface area contributed by atoms with Crippen molar-refractivity contribution < 1.29 is 19.5 Å². The van der Waals surface area contributed by atoms with Gasteiger partial charge < -0.3 is 15.3 Å². The molecule has 0 spiro atoms. The Morgan fingerprint density at radius 1 is 1.00 bits per heavy atom. The number of carboxylic acid groups (broad SMARTS) is 1. The lowest BCUT2D eigenvalue weighted by molar-refractivity contribution is -0.139. The second-order valence-corrected chi connectivity index (χ2v) is 8.53. The average molecular weight is 473 g/mol. The van der Waals surface area contributed by atoms with Crippen LogP contribution in [0.3, 0.4) is 0 Å². The van der Waals surface area contributed by atoms with Crippen molar-refractivity contribution >= 4 is 41.0 Å². The summed E-state index contributed by atoms with van der Waals surface area (Å²) < 4.78 is 0. The highest BCUT2D eigenvalue weighted by atomic mass is 35.5. The van der Waals surface area contributed by atoms with Crippen molar-refractivity contribution in [3.05, 3.63) is 33.8 Å². The normalized spacial score (nSPS) is 11.7. The number of hydrogen-bond acceptors (Lipinski definition) is 3. The molecule has 0 bridgehead atoms. The molecule has 1 aromatic carbocycles. The molecule has 0 aliphatic carbocycles. The zero-order chi connectivity index (χ0) is 23.2. The highest BCUT2D eigenvalue weighted by molar-refractivity contribution is 6.42. The molecule has 0 fully saturated rings. The number of rotatable bonds is 15. The van der Waals surface area contributed by atoms with Crippen LogP contribution in [0, 0.1) is 0 Å². The molecule has 6 nitrogen and oxygen atoms in total. The van der Waals surface area contributed by atoms with Gasteiger partial charge in [-0.15, -0.1) is 0 Å². The van der Waals surface area contributed by atoms with Gasteiger partial charge >= 0.3 is 5.97 Å². The molecule has 0 heterocycles. The highest BCUT2D eigenvalue weighted by Gasteiger charge is 2.26. The van der Waals surface area contributed by atoms with Gasteiger partial charge in [0.2, 0.25) is 11.8 Å². The summed E-state index contributed by atoms with van der Waals surface area (Å²) in [4.78, 5) is 38.7. The molecule has 1 aromatic rings. The van der Waals surface area contributed by atoms with Crippen LogP contribution in [0.15, 0.2) is 18.2 Å². The second-order valence-electron chi connectivity index (χ2n) is 7.72. The number of carbonyl (C=O) groups excluding carboxylic acids is 2. The van der Waals surface area contributed by atoms with E-state index in [9.17, 15) is 14.4 Å². The van der Waals surface area contributed by atoms with Gasteiger partial charge in [0.05, 0.1) is 16.5 Å². The fourth-order valence-corrected chi connectivity index (χ4v) is 3.58. The first-order valence-corrected chi connectivity index (χ1v) is 11.8. The van der Waals surface area contributed by atoms with Crippen LogP contribution in [0.4, 0.5) is 0 Å². The number of carbonyl (C=O) groups is 3. The van der Waals surface area contributed by atoms with E-state index in [2.05, 4.69) is 19.2 Å². The summed E-state index contributed by atoms with van der Waals surface area (Å²) in [5.41, 5.74) is 0.666. The predicted molar refractivity (Wildman–Crippen MR) is 125 cm³/mol. The van der Waals surface area contributed by atoms with Crippen molar-refractivity contribution in [3.8, 4) is 0 Å². The Kier molecular flexibility index (Phi) is 13.3. The molecule has 174 valence electrons. The second kappa shape index (κ2) is 15.1. The van der Waals surface area contributed by atoms with Crippen LogP contribution in [-0.2, 0) is 20.8 Å². The summed E-state index contributed by atoms with van der Waals surface area (Å²) in [5.74, 6) is -1.57. The standard InChI is InChI=1S/C23H34Cl2N2O4/c1-3-5-7-13-27(14-8-6-4-2)23(31)20(11-12-22(29)30)26-21(28)16-17-9-10-18(24)19(25)15-17/h9-10,15,20H,3-8,11-14,16H2,1-2H3,(H,26,28)(H,29,30)/t20-/m0/s1. The van der Waals surface area contributed by atoms with E-state index in [1.807, 2.05) is 0 Å². The smallest absolute Gasteiger partial charge is 0.303 e. The number of nitrogens with zero attached hydrogens (tertiary/aromatic N) is 1. The minimum atomic E-state index is -1.000. The topological polar surface area (TPSA) is 86.7 Å². The average Bonchev–Trinajstić information content (AvgIpc) is 2.72. The fourth-order valence-electron chi connectivity index (χ4n) is 3.26. The van der Waals surface area contributed by atoms with Gasteiger partial charge in [0.15, 0.2) is 0 Å². The molecule has 1 atom stereocenters. The van der Waals surface area contributed by atoms with Crippen LogP contribution >= 0.6 is 23.2 Å². The van der Waals surface area contributed by atoms with E-state index in [0.29, 0.717) is 28.7 Å². The van der Waals surface area contributed by atoms with Crippen LogP contribution in [-0.4, -0.2) is 46.9 Å². The number of hydrogen-bond donors (Lipinski definition) is 2. The first-order valence-electron chi connectivity index (χ1n) is 11.0. The molecule has 0 aliphatic heterocycles. The number of unbranched alkanes of at least 4 members (excludes halogenated alkanes) is 4. The summed E-state index contributed by atoms with van der Waals surface area (Å²) in [5, 5.41) is 12.6. The Balaban J connectivity index is 2.87. The quantitative estimate of drug-likeness (QED) is 0.347. The highest BCUT2D eigenvalue weighted by Crippen LogP contribution is 2.22. The lowest BCUT2D eigenvalue weighted by Crippen LogP contribution is -2.49. The SMILES string of the molecule is CCCCCN(CCCCC)C(=O)[C@H](CCC(=O)O)NC(=O)Cc1ccc(Cl)c(Cl)c1. The number of benzene rings is 1. The van der Waals surface area contributed by atoms with Gasteiger partial charge in [-0.05, 0) is 37.0 Å². The first kappa shape index (κ1) is 27.2. The molecule has 0 aromatic heterocycles. The van der Waals surface area contributed by atoms with Crippen LogP contribution in [0.25, 0.3) is 0 Å². The van der Waals surface area contributed by atoms with Gasteiger partial charge in [-0.2, -0.15) is 0 Å². The monoisotopic (exact) mass is 472 g/mol.